The number of ether oxygens (including phenoxy) is 2. The van der Waals surface area contributed by atoms with Crippen molar-refractivity contribution in [3.8, 4) is 0 Å². The zero-order valence-corrected chi connectivity index (χ0v) is 19.6. The van der Waals surface area contributed by atoms with E-state index in [2.05, 4.69) is 5.32 Å². The highest BCUT2D eigenvalue weighted by Crippen LogP contribution is 2.58. The van der Waals surface area contributed by atoms with E-state index >= 15 is 0 Å². The van der Waals surface area contributed by atoms with E-state index in [1.807, 2.05) is 32.0 Å². The Kier molecular flexibility index (Phi) is 6.77. The van der Waals surface area contributed by atoms with Crippen molar-refractivity contribution in [3.05, 3.63) is 29.3 Å². The normalized spacial score (nSPS) is 29.9. The average molecular weight is 459 g/mol. The van der Waals surface area contributed by atoms with E-state index in [0.29, 0.717) is 32.2 Å². The number of benzene rings is 1. The molecule has 3 aliphatic heterocycles. The first-order valence-corrected chi connectivity index (χ1v) is 12.0. The van der Waals surface area contributed by atoms with Gasteiger partial charge in [0.1, 0.15) is 11.6 Å². The van der Waals surface area contributed by atoms with Gasteiger partial charge < -0.3 is 24.8 Å². The number of anilines is 1. The van der Waals surface area contributed by atoms with Gasteiger partial charge in [-0.05, 0) is 64.0 Å². The minimum absolute atomic E-state index is 0.0900. The number of likely N-dealkylation sites (tertiary alicyclic amines) is 1. The Morgan fingerprint density at radius 3 is 2.64 bits per heavy atom. The molecule has 33 heavy (non-hydrogen) atoms. The molecule has 3 aliphatic rings. The van der Waals surface area contributed by atoms with Crippen LogP contribution in [0, 0.1) is 25.7 Å². The van der Waals surface area contributed by atoms with Crippen LogP contribution in [0.15, 0.2) is 18.2 Å². The summed E-state index contributed by atoms with van der Waals surface area (Å²) >= 11 is 0. The number of esters is 1. The van der Waals surface area contributed by atoms with Crippen molar-refractivity contribution in [2.45, 2.75) is 70.6 Å². The predicted octanol–water partition coefficient (Wildman–Crippen LogP) is 2.34. The summed E-state index contributed by atoms with van der Waals surface area (Å²) in [5.74, 6) is -2.29. The molecular weight excluding hydrogens is 424 g/mol. The molecule has 3 fully saturated rings. The number of hydrogen-bond donors (Lipinski definition) is 2. The van der Waals surface area contributed by atoms with Crippen LogP contribution in [-0.2, 0) is 23.9 Å². The van der Waals surface area contributed by atoms with Gasteiger partial charge in [0.25, 0.3) is 0 Å². The van der Waals surface area contributed by atoms with Gasteiger partial charge in [0, 0.05) is 18.8 Å². The molecule has 2 unspecified atom stereocenters. The lowest BCUT2D eigenvalue weighted by Gasteiger charge is -2.33. The van der Waals surface area contributed by atoms with Crippen molar-refractivity contribution in [1.82, 2.24) is 4.90 Å². The number of nitrogens with zero attached hydrogens (tertiary/aromatic N) is 1. The maximum atomic E-state index is 13.8. The molecule has 3 heterocycles. The number of hydrogen-bond acceptors (Lipinski definition) is 6. The second-order valence-corrected chi connectivity index (χ2v) is 9.38. The lowest BCUT2D eigenvalue weighted by atomic mass is 9.70. The Balaban J connectivity index is 1.67. The Labute approximate surface area is 194 Å². The molecule has 0 aliphatic carbocycles. The minimum Gasteiger partial charge on any atom is -0.466 e. The fourth-order valence-corrected chi connectivity index (χ4v) is 5.97. The zero-order chi connectivity index (χ0) is 23.8. The van der Waals surface area contributed by atoms with Crippen LogP contribution in [-0.4, -0.2) is 65.3 Å². The van der Waals surface area contributed by atoms with Crippen LogP contribution in [0.25, 0.3) is 0 Å². The smallest absolute Gasteiger partial charge is 0.312 e. The Hall–Kier alpha value is -2.45. The number of unbranched alkanes of at least 4 members (excludes halogenated alkanes) is 2. The highest BCUT2D eigenvalue weighted by molar-refractivity contribution is 6.03. The number of para-hydroxylation sites is 1. The Morgan fingerprint density at radius 1 is 1.24 bits per heavy atom. The summed E-state index contributed by atoms with van der Waals surface area (Å²) in [6.07, 6.45) is 2.83. The molecule has 5 atom stereocenters. The summed E-state index contributed by atoms with van der Waals surface area (Å²) in [7, 11) is 0. The molecule has 0 saturated carbocycles. The van der Waals surface area contributed by atoms with Gasteiger partial charge in [0.05, 0.1) is 24.5 Å². The monoisotopic (exact) mass is 458 g/mol. The molecule has 8 nitrogen and oxygen atoms in total. The Morgan fingerprint density at radius 2 is 1.97 bits per heavy atom. The highest BCUT2D eigenvalue weighted by Gasteiger charge is 2.74. The maximum Gasteiger partial charge on any atom is 0.312 e. The van der Waals surface area contributed by atoms with Crippen LogP contribution < -0.4 is 5.32 Å². The zero-order valence-electron chi connectivity index (χ0n) is 19.6. The van der Waals surface area contributed by atoms with Gasteiger partial charge in [-0.1, -0.05) is 18.2 Å². The predicted molar refractivity (Wildman–Crippen MR) is 121 cm³/mol. The molecule has 4 rings (SSSR count). The average Bonchev–Trinajstić information content (AvgIpc) is 3.41. The third kappa shape index (κ3) is 3.93. The first-order valence-electron chi connectivity index (χ1n) is 12.0. The number of carbonyl (C=O) groups is 3. The van der Waals surface area contributed by atoms with E-state index in [-0.39, 0.29) is 25.0 Å². The second-order valence-electron chi connectivity index (χ2n) is 9.38. The number of aliphatic hydroxyl groups excluding tert-OH is 1. The minimum atomic E-state index is -1.02. The summed E-state index contributed by atoms with van der Waals surface area (Å²) in [6.45, 7) is 6.32. The van der Waals surface area contributed by atoms with Gasteiger partial charge in [-0.15, -0.1) is 0 Å². The number of nitrogens with one attached hydrogen (secondary N) is 1. The van der Waals surface area contributed by atoms with Crippen molar-refractivity contribution in [2.24, 2.45) is 11.8 Å². The van der Waals surface area contributed by atoms with E-state index in [4.69, 9.17) is 14.6 Å². The van der Waals surface area contributed by atoms with Gasteiger partial charge in [-0.3, -0.25) is 14.4 Å². The molecule has 2 bridgehead atoms. The molecule has 3 saturated heterocycles. The van der Waals surface area contributed by atoms with Crippen molar-refractivity contribution < 1.29 is 29.0 Å². The topological polar surface area (TPSA) is 105 Å². The quantitative estimate of drug-likeness (QED) is 0.435. The molecule has 2 N–H and O–H groups in total. The number of fused-ring (bicyclic) bond motifs is 1. The van der Waals surface area contributed by atoms with Gasteiger partial charge in [0.15, 0.2) is 0 Å². The molecule has 180 valence electrons. The van der Waals surface area contributed by atoms with Crippen LogP contribution in [0.3, 0.4) is 0 Å². The highest BCUT2D eigenvalue weighted by atomic mass is 16.6. The van der Waals surface area contributed by atoms with E-state index in [1.165, 1.54) is 0 Å². The first kappa shape index (κ1) is 23.7. The number of amides is 2. The number of aryl methyl sites for hydroxylation is 2. The van der Waals surface area contributed by atoms with Crippen molar-refractivity contribution in [2.75, 3.05) is 25.1 Å². The van der Waals surface area contributed by atoms with Crippen molar-refractivity contribution in [3.63, 3.8) is 0 Å². The number of rotatable bonds is 9. The SMILES string of the molecule is CCOC(=O)[C@@H]1[C@@H]2CCC3(O2)C(C(=O)Nc2c(C)cccc2C)N(CCCCCO)C(=O)[C@H]13. The number of aliphatic hydroxyl groups is 1. The summed E-state index contributed by atoms with van der Waals surface area (Å²) in [4.78, 5) is 41.8. The third-order valence-electron chi connectivity index (χ3n) is 7.39. The van der Waals surface area contributed by atoms with Crippen LogP contribution in [0.5, 0.6) is 0 Å². The molecule has 1 aromatic carbocycles. The lowest BCUT2D eigenvalue weighted by molar-refractivity contribution is -0.154. The fourth-order valence-electron chi connectivity index (χ4n) is 5.97. The summed E-state index contributed by atoms with van der Waals surface area (Å²) in [5, 5.41) is 12.2. The molecular formula is C25H34N2O6. The fraction of sp³-hybridized carbons (Fsp3) is 0.640. The molecule has 1 spiro atoms. The standard InChI is InChI=1S/C25H34N2O6/c1-4-32-24(31)18-17-11-12-25(33-17)19(18)23(30)27(13-6-5-7-14-28)21(25)22(29)26-20-15(2)9-8-10-16(20)3/h8-10,17-19,21,28H,4-7,11-14H2,1-3H3,(H,26,29)/t17-,18+,19-,21?,25?/m0/s1. The molecule has 8 heteroatoms. The van der Waals surface area contributed by atoms with Crippen LogP contribution in [0.2, 0.25) is 0 Å². The van der Waals surface area contributed by atoms with E-state index in [1.54, 1.807) is 11.8 Å². The Bertz CT molecular complexity index is 913. The van der Waals surface area contributed by atoms with Crippen molar-refractivity contribution in [1.29, 1.82) is 0 Å². The van der Waals surface area contributed by atoms with Gasteiger partial charge in [-0.25, -0.2) is 0 Å². The second kappa shape index (κ2) is 9.43. The summed E-state index contributed by atoms with van der Waals surface area (Å²) in [5.41, 5.74) is 1.61. The molecule has 0 radical (unpaired) electrons. The van der Waals surface area contributed by atoms with Gasteiger partial charge >= 0.3 is 5.97 Å². The van der Waals surface area contributed by atoms with Crippen LogP contribution in [0.1, 0.15) is 50.2 Å². The molecule has 0 aromatic heterocycles. The molecule has 2 amide bonds. The molecule has 1 aromatic rings. The first-order chi connectivity index (χ1) is 15.9. The summed E-state index contributed by atoms with van der Waals surface area (Å²) < 4.78 is 11.6. The maximum absolute atomic E-state index is 13.8. The van der Waals surface area contributed by atoms with Gasteiger partial charge in [-0.2, -0.15) is 0 Å². The summed E-state index contributed by atoms with van der Waals surface area (Å²) in [6, 6.07) is 5.00. The van der Waals surface area contributed by atoms with E-state index in [0.717, 1.165) is 23.2 Å². The third-order valence-corrected chi connectivity index (χ3v) is 7.39. The van der Waals surface area contributed by atoms with E-state index < -0.39 is 35.6 Å². The number of carbonyl (C=O) groups excluding carboxylic acids is 3. The largest absolute Gasteiger partial charge is 0.466 e. The van der Waals surface area contributed by atoms with E-state index in [9.17, 15) is 14.4 Å². The van der Waals surface area contributed by atoms with Crippen molar-refractivity contribution >= 4 is 23.5 Å². The lowest BCUT2D eigenvalue weighted by Crippen LogP contribution is -2.53. The van der Waals surface area contributed by atoms with Crippen LogP contribution in [0.4, 0.5) is 5.69 Å². The van der Waals surface area contributed by atoms with Crippen LogP contribution >= 0.6 is 0 Å². The van der Waals surface area contributed by atoms with Gasteiger partial charge in [0.2, 0.25) is 11.8 Å².